The Morgan fingerprint density at radius 3 is 2.62 bits per heavy atom. The van der Waals surface area contributed by atoms with Gasteiger partial charge in [-0.3, -0.25) is 14.2 Å². The van der Waals surface area contributed by atoms with Gasteiger partial charge in [0.2, 0.25) is 5.91 Å². The number of amides is 1. The third-order valence-corrected chi connectivity index (χ3v) is 7.84. The van der Waals surface area contributed by atoms with E-state index in [1.165, 1.54) is 41.0 Å². The second-order valence-electron chi connectivity index (χ2n) is 8.06. The van der Waals surface area contributed by atoms with Gasteiger partial charge in [-0.2, -0.15) is 0 Å². The molecular weight excluding hydrogens is 500 g/mol. The Bertz CT molecular complexity index is 1570. The van der Waals surface area contributed by atoms with E-state index in [2.05, 4.69) is 0 Å². The number of fused-ring (bicyclic) bond motifs is 3. The number of benzene rings is 2. The van der Waals surface area contributed by atoms with E-state index in [4.69, 9.17) is 23.2 Å². The predicted octanol–water partition coefficient (Wildman–Crippen LogP) is 4.61. The van der Waals surface area contributed by atoms with Crippen LogP contribution in [0.1, 0.15) is 22.9 Å². The predicted molar refractivity (Wildman–Crippen MR) is 132 cm³/mol. The molecule has 34 heavy (non-hydrogen) atoms. The van der Waals surface area contributed by atoms with Gasteiger partial charge in [0.1, 0.15) is 10.6 Å². The Balaban J connectivity index is 1.83. The minimum absolute atomic E-state index is 0.0602. The van der Waals surface area contributed by atoms with Crippen LogP contribution in [0.4, 0.5) is 4.39 Å². The standard InChI is InChI=1S/C24H18Cl2FN3O3S/c1-13(31)28-9-8-16-20(12-28)34-23-21(16)22(32)30(15-5-2-4-14(25)10-15)24(33)29(23)11-17-18(26)6-3-7-19(17)27/h2-7,10H,8-9,11-12H2,1H3. The molecule has 0 spiro atoms. The largest absolute Gasteiger partial charge is 0.337 e. The Morgan fingerprint density at radius 2 is 1.91 bits per heavy atom. The maximum atomic E-state index is 14.7. The molecule has 2 aromatic carbocycles. The van der Waals surface area contributed by atoms with Crippen LogP contribution in [0.15, 0.2) is 52.1 Å². The van der Waals surface area contributed by atoms with Crippen LogP contribution in [0.25, 0.3) is 15.9 Å². The molecule has 0 saturated heterocycles. The average Bonchev–Trinajstić information content (AvgIpc) is 3.17. The molecule has 0 N–H and O–H groups in total. The van der Waals surface area contributed by atoms with Crippen molar-refractivity contribution in [3.63, 3.8) is 0 Å². The second kappa shape index (κ2) is 8.69. The van der Waals surface area contributed by atoms with Gasteiger partial charge < -0.3 is 4.90 Å². The van der Waals surface area contributed by atoms with Crippen LogP contribution in [0.2, 0.25) is 10.0 Å². The summed E-state index contributed by atoms with van der Waals surface area (Å²) in [5.74, 6) is -0.605. The quantitative estimate of drug-likeness (QED) is 0.398. The van der Waals surface area contributed by atoms with Crippen LogP contribution in [-0.4, -0.2) is 26.5 Å². The van der Waals surface area contributed by atoms with Gasteiger partial charge >= 0.3 is 5.69 Å². The molecule has 174 valence electrons. The molecule has 0 radical (unpaired) electrons. The third-order valence-electron chi connectivity index (χ3n) is 6.01. The average molecular weight is 518 g/mol. The molecule has 1 aliphatic rings. The van der Waals surface area contributed by atoms with E-state index in [-0.39, 0.29) is 23.0 Å². The van der Waals surface area contributed by atoms with Crippen LogP contribution in [0, 0.1) is 5.82 Å². The number of carbonyl (C=O) groups is 1. The fourth-order valence-corrected chi connectivity index (χ4v) is 6.05. The summed E-state index contributed by atoms with van der Waals surface area (Å²) in [6.07, 6.45) is 0.484. The van der Waals surface area contributed by atoms with E-state index in [1.807, 2.05) is 0 Å². The highest BCUT2D eigenvalue weighted by Gasteiger charge is 2.28. The number of thiophene rings is 1. The summed E-state index contributed by atoms with van der Waals surface area (Å²) >= 11 is 13.7. The fraction of sp³-hybridized carbons (Fsp3) is 0.208. The van der Waals surface area contributed by atoms with E-state index in [0.717, 1.165) is 15.0 Å². The molecule has 0 aliphatic carbocycles. The van der Waals surface area contributed by atoms with Crippen molar-refractivity contribution in [2.24, 2.45) is 0 Å². The first kappa shape index (κ1) is 22.8. The number of carbonyl (C=O) groups excluding carboxylic acids is 1. The molecule has 0 atom stereocenters. The van der Waals surface area contributed by atoms with Crippen LogP contribution in [0.5, 0.6) is 0 Å². The number of nitrogens with zero attached hydrogens (tertiary/aromatic N) is 3. The van der Waals surface area contributed by atoms with Gasteiger partial charge in [-0.25, -0.2) is 13.8 Å². The Labute approximate surface area is 207 Å². The summed E-state index contributed by atoms with van der Waals surface area (Å²) in [6, 6.07) is 10.8. The fourth-order valence-electron chi connectivity index (χ4n) is 4.30. The van der Waals surface area contributed by atoms with Crippen molar-refractivity contribution in [3.05, 3.63) is 95.2 Å². The van der Waals surface area contributed by atoms with Crippen molar-refractivity contribution in [2.45, 2.75) is 26.4 Å². The van der Waals surface area contributed by atoms with Gasteiger partial charge in [-0.05, 0) is 42.3 Å². The molecule has 2 aromatic heterocycles. The molecule has 0 unspecified atom stereocenters. The van der Waals surface area contributed by atoms with Gasteiger partial charge in [0.25, 0.3) is 5.56 Å². The van der Waals surface area contributed by atoms with Crippen LogP contribution in [-0.2, 0) is 24.3 Å². The normalized spacial score (nSPS) is 13.4. The van der Waals surface area contributed by atoms with E-state index in [9.17, 15) is 18.8 Å². The van der Waals surface area contributed by atoms with Crippen LogP contribution >= 0.6 is 34.5 Å². The Kier molecular flexibility index (Phi) is 5.83. The van der Waals surface area contributed by atoms with Crippen molar-refractivity contribution >= 4 is 50.7 Å². The zero-order valence-electron chi connectivity index (χ0n) is 18.0. The topological polar surface area (TPSA) is 64.3 Å². The smallest absolute Gasteiger partial charge is 0.337 e. The highest BCUT2D eigenvalue weighted by atomic mass is 35.5. The lowest BCUT2D eigenvalue weighted by molar-refractivity contribution is -0.129. The SMILES string of the molecule is CC(=O)N1CCc2c(sc3c2c(=O)n(-c2cccc(Cl)c2)c(=O)n3Cc2c(F)cccc2Cl)C1. The van der Waals surface area contributed by atoms with Crippen LogP contribution < -0.4 is 11.2 Å². The van der Waals surface area contributed by atoms with E-state index < -0.39 is 17.1 Å². The van der Waals surface area contributed by atoms with Crippen LogP contribution in [0.3, 0.4) is 0 Å². The molecule has 5 rings (SSSR count). The van der Waals surface area contributed by atoms with E-state index >= 15 is 0 Å². The number of hydrogen-bond donors (Lipinski definition) is 0. The van der Waals surface area contributed by atoms with Gasteiger partial charge in [0, 0.05) is 34.0 Å². The number of hydrogen-bond acceptors (Lipinski definition) is 4. The lowest BCUT2D eigenvalue weighted by atomic mass is 10.1. The first-order valence-electron chi connectivity index (χ1n) is 10.5. The van der Waals surface area contributed by atoms with Crippen molar-refractivity contribution in [1.29, 1.82) is 0 Å². The monoisotopic (exact) mass is 517 g/mol. The molecule has 6 nitrogen and oxygen atoms in total. The lowest BCUT2D eigenvalue weighted by Crippen LogP contribution is -2.39. The molecule has 0 bridgehead atoms. The minimum Gasteiger partial charge on any atom is -0.337 e. The van der Waals surface area contributed by atoms with Gasteiger partial charge in [0.05, 0.1) is 24.2 Å². The minimum atomic E-state index is -0.624. The van der Waals surface area contributed by atoms with Gasteiger partial charge in [0.15, 0.2) is 0 Å². The zero-order valence-corrected chi connectivity index (χ0v) is 20.3. The molecule has 10 heteroatoms. The van der Waals surface area contributed by atoms with Crippen molar-refractivity contribution in [2.75, 3.05) is 6.54 Å². The number of halogens is 3. The highest BCUT2D eigenvalue weighted by Crippen LogP contribution is 2.34. The zero-order chi connectivity index (χ0) is 24.1. The maximum absolute atomic E-state index is 14.7. The summed E-state index contributed by atoms with van der Waals surface area (Å²) in [7, 11) is 0. The molecular formula is C24H18Cl2FN3O3S. The molecule has 1 aliphatic heterocycles. The number of aromatic nitrogens is 2. The maximum Gasteiger partial charge on any atom is 0.337 e. The molecule has 3 heterocycles. The van der Waals surface area contributed by atoms with E-state index in [1.54, 1.807) is 29.2 Å². The number of rotatable bonds is 3. The summed E-state index contributed by atoms with van der Waals surface area (Å²) in [6.45, 7) is 2.18. The highest BCUT2D eigenvalue weighted by molar-refractivity contribution is 7.18. The Morgan fingerprint density at radius 1 is 1.15 bits per heavy atom. The van der Waals surface area contributed by atoms with Crippen molar-refractivity contribution < 1.29 is 9.18 Å². The lowest BCUT2D eigenvalue weighted by Gasteiger charge is -2.25. The second-order valence-corrected chi connectivity index (χ2v) is 9.99. The van der Waals surface area contributed by atoms with Gasteiger partial charge in [-0.15, -0.1) is 11.3 Å². The van der Waals surface area contributed by atoms with E-state index in [0.29, 0.717) is 40.4 Å². The summed E-state index contributed by atoms with van der Waals surface area (Å²) in [5.41, 5.74) is 0.194. The molecule has 0 saturated carbocycles. The first-order valence-corrected chi connectivity index (χ1v) is 12.1. The van der Waals surface area contributed by atoms with Crippen molar-refractivity contribution in [1.82, 2.24) is 14.0 Å². The Hall–Kier alpha value is -2.94. The third kappa shape index (κ3) is 3.76. The summed E-state index contributed by atoms with van der Waals surface area (Å²) < 4.78 is 17.1. The van der Waals surface area contributed by atoms with Crippen molar-refractivity contribution in [3.8, 4) is 5.69 Å². The molecule has 0 fully saturated rings. The first-order chi connectivity index (χ1) is 16.3. The molecule has 4 aromatic rings. The molecule has 1 amide bonds. The van der Waals surface area contributed by atoms with Gasteiger partial charge in [-0.1, -0.05) is 35.3 Å². The summed E-state index contributed by atoms with van der Waals surface area (Å²) in [4.78, 5) is 42.3. The summed E-state index contributed by atoms with van der Waals surface area (Å²) in [5, 5.41) is 0.955.